The molecule has 2 aliphatic heterocycles. The first kappa shape index (κ1) is 21.8. The first-order valence-electron chi connectivity index (χ1n) is 10.9. The lowest BCUT2D eigenvalue weighted by atomic mass is 10.1. The van der Waals surface area contributed by atoms with E-state index in [1.807, 2.05) is 6.92 Å². The van der Waals surface area contributed by atoms with Gasteiger partial charge in [0.15, 0.2) is 12.4 Å². The van der Waals surface area contributed by atoms with Crippen molar-refractivity contribution in [1.82, 2.24) is 14.4 Å². The van der Waals surface area contributed by atoms with E-state index in [4.69, 9.17) is 9.26 Å². The number of piperidine rings is 1. The summed E-state index contributed by atoms with van der Waals surface area (Å²) in [6, 6.07) is 4.77. The van der Waals surface area contributed by atoms with Gasteiger partial charge in [0, 0.05) is 32.6 Å². The number of aromatic nitrogens is 2. The van der Waals surface area contributed by atoms with Gasteiger partial charge in [0.25, 0.3) is 5.89 Å². The Kier molecular flexibility index (Phi) is 6.57. The number of esters is 1. The van der Waals surface area contributed by atoms with Gasteiger partial charge in [0.05, 0.1) is 16.1 Å². The Morgan fingerprint density at radius 3 is 2.48 bits per heavy atom. The molecule has 0 N–H and O–H groups in total. The summed E-state index contributed by atoms with van der Waals surface area (Å²) in [6.45, 7) is 4.40. The molecule has 0 radical (unpaired) electrons. The second-order valence-electron chi connectivity index (χ2n) is 7.87. The molecule has 2 fully saturated rings. The first-order valence-corrected chi connectivity index (χ1v) is 12.3. The minimum absolute atomic E-state index is 0.121. The van der Waals surface area contributed by atoms with Gasteiger partial charge in [-0.3, -0.25) is 0 Å². The third kappa shape index (κ3) is 4.74. The molecule has 2 aliphatic rings. The molecule has 0 amide bonds. The normalized spacial score (nSPS) is 17.8. The Labute approximate surface area is 182 Å². The molecule has 1 aromatic carbocycles. The van der Waals surface area contributed by atoms with Crippen LogP contribution in [0.1, 0.15) is 61.1 Å². The van der Waals surface area contributed by atoms with Gasteiger partial charge < -0.3 is 14.2 Å². The molecule has 0 atom stereocenters. The van der Waals surface area contributed by atoms with Gasteiger partial charge in [-0.2, -0.15) is 9.29 Å². The summed E-state index contributed by atoms with van der Waals surface area (Å²) < 4.78 is 38.3. The highest BCUT2D eigenvalue weighted by Gasteiger charge is 2.29. The van der Waals surface area contributed by atoms with Crippen molar-refractivity contribution in [3.05, 3.63) is 35.5 Å². The predicted molar refractivity (Wildman–Crippen MR) is 113 cm³/mol. The third-order valence-electron chi connectivity index (χ3n) is 5.74. The predicted octanol–water partition coefficient (Wildman–Crippen LogP) is 2.76. The molecule has 0 bridgehead atoms. The molecule has 2 aromatic rings. The Bertz CT molecular complexity index is 1020. The summed E-state index contributed by atoms with van der Waals surface area (Å²) in [4.78, 5) is 19.3. The van der Waals surface area contributed by atoms with Crippen molar-refractivity contribution in [3.8, 4) is 0 Å². The number of rotatable bonds is 7. The molecule has 0 unspecified atom stereocenters. The van der Waals surface area contributed by atoms with Crippen molar-refractivity contribution in [1.29, 1.82) is 0 Å². The smallest absolute Gasteiger partial charge is 0.340 e. The highest BCUT2D eigenvalue weighted by atomic mass is 32.2. The van der Waals surface area contributed by atoms with Gasteiger partial charge in [-0.25, -0.2) is 13.2 Å². The summed E-state index contributed by atoms with van der Waals surface area (Å²) in [5.74, 6) is 0.150. The Balaban J connectivity index is 1.60. The number of anilines is 1. The zero-order chi connectivity index (χ0) is 21.8. The standard InChI is InChI=1S/C21H28N4O5S/c1-2-19-22-20(30-23-19)15-29-21(26)17-14-16(8-9-18(17)24-10-6-7-11-24)31(27,28)25-12-4-3-5-13-25/h8-9,14H,2-7,10-13,15H2,1H3. The summed E-state index contributed by atoms with van der Waals surface area (Å²) in [5, 5.41) is 3.79. The number of benzene rings is 1. The number of carbonyl (C=O) groups is 1. The monoisotopic (exact) mass is 448 g/mol. The van der Waals surface area contributed by atoms with Crippen molar-refractivity contribution >= 4 is 21.7 Å². The number of hydrogen-bond acceptors (Lipinski definition) is 8. The van der Waals surface area contributed by atoms with Crippen LogP contribution in [0.2, 0.25) is 0 Å². The van der Waals surface area contributed by atoms with Crippen molar-refractivity contribution in [2.75, 3.05) is 31.1 Å². The van der Waals surface area contributed by atoms with Crippen molar-refractivity contribution in [2.45, 2.75) is 57.0 Å². The van der Waals surface area contributed by atoms with E-state index in [0.717, 1.165) is 45.2 Å². The molecule has 0 spiro atoms. The molecule has 10 heteroatoms. The SMILES string of the molecule is CCc1noc(COC(=O)c2cc(S(=O)(=O)N3CCCCC3)ccc2N2CCCC2)n1. The number of nitrogens with zero attached hydrogens (tertiary/aromatic N) is 4. The second-order valence-corrected chi connectivity index (χ2v) is 9.81. The van der Waals surface area contributed by atoms with Crippen LogP contribution in [-0.2, 0) is 27.8 Å². The van der Waals surface area contributed by atoms with E-state index in [-0.39, 0.29) is 23.0 Å². The Morgan fingerprint density at radius 2 is 1.81 bits per heavy atom. The van der Waals surface area contributed by atoms with Gasteiger partial charge in [-0.1, -0.05) is 18.5 Å². The van der Waals surface area contributed by atoms with E-state index >= 15 is 0 Å². The van der Waals surface area contributed by atoms with Crippen LogP contribution in [-0.4, -0.2) is 55.0 Å². The number of aryl methyl sites for hydroxylation is 1. The summed E-state index contributed by atoms with van der Waals surface area (Å²) in [6.07, 6.45) is 5.42. The Hall–Kier alpha value is -2.46. The summed E-state index contributed by atoms with van der Waals surface area (Å²) >= 11 is 0. The van der Waals surface area contributed by atoms with E-state index in [9.17, 15) is 13.2 Å². The summed E-state index contributed by atoms with van der Waals surface area (Å²) in [7, 11) is -3.66. The minimum atomic E-state index is -3.66. The fourth-order valence-electron chi connectivity index (χ4n) is 4.02. The van der Waals surface area contributed by atoms with Crippen molar-refractivity contribution < 1.29 is 22.5 Å². The number of hydrogen-bond donors (Lipinski definition) is 0. The van der Waals surface area contributed by atoms with E-state index in [1.54, 1.807) is 12.1 Å². The van der Waals surface area contributed by atoms with Crippen LogP contribution >= 0.6 is 0 Å². The van der Waals surface area contributed by atoms with Crippen LogP contribution in [0.15, 0.2) is 27.6 Å². The fourth-order valence-corrected chi connectivity index (χ4v) is 5.57. The highest BCUT2D eigenvalue weighted by Crippen LogP contribution is 2.30. The van der Waals surface area contributed by atoms with Gasteiger partial charge >= 0.3 is 5.97 Å². The average Bonchev–Trinajstić information content (AvgIpc) is 3.50. The lowest BCUT2D eigenvalue weighted by molar-refractivity contribution is 0.0430. The van der Waals surface area contributed by atoms with Gasteiger partial charge in [0.1, 0.15) is 0 Å². The lowest BCUT2D eigenvalue weighted by Gasteiger charge is -2.27. The quantitative estimate of drug-likeness (QED) is 0.595. The molecule has 168 valence electrons. The summed E-state index contributed by atoms with van der Waals surface area (Å²) in [5.41, 5.74) is 0.940. The van der Waals surface area contributed by atoms with Crippen molar-refractivity contribution in [2.24, 2.45) is 0 Å². The molecular formula is C21H28N4O5S. The van der Waals surface area contributed by atoms with Crippen LogP contribution in [0, 0.1) is 0 Å². The minimum Gasteiger partial charge on any atom is -0.452 e. The van der Waals surface area contributed by atoms with Gasteiger partial charge in [-0.05, 0) is 43.9 Å². The number of ether oxygens (including phenoxy) is 1. The molecule has 1 aromatic heterocycles. The van der Waals surface area contributed by atoms with E-state index in [1.165, 1.54) is 10.4 Å². The topological polar surface area (TPSA) is 106 Å². The zero-order valence-electron chi connectivity index (χ0n) is 17.7. The second kappa shape index (κ2) is 9.35. The van der Waals surface area contributed by atoms with E-state index in [2.05, 4.69) is 15.0 Å². The zero-order valence-corrected chi connectivity index (χ0v) is 18.6. The largest absolute Gasteiger partial charge is 0.452 e. The maximum absolute atomic E-state index is 13.1. The molecule has 31 heavy (non-hydrogen) atoms. The molecule has 3 heterocycles. The average molecular weight is 449 g/mol. The molecule has 2 saturated heterocycles. The lowest BCUT2D eigenvalue weighted by Crippen LogP contribution is -2.35. The van der Waals surface area contributed by atoms with Gasteiger partial charge in [-0.15, -0.1) is 0 Å². The Morgan fingerprint density at radius 1 is 1.10 bits per heavy atom. The molecule has 0 aliphatic carbocycles. The van der Waals surface area contributed by atoms with Crippen LogP contribution in [0.4, 0.5) is 5.69 Å². The van der Waals surface area contributed by atoms with Crippen LogP contribution in [0.5, 0.6) is 0 Å². The van der Waals surface area contributed by atoms with Gasteiger partial charge in [0.2, 0.25) is 10.0 Å². The van der Waals surface area contributed by atoms with E-state index in [0.29, 0.717) is 31.0 Å². The molecule has 9 nitrogen and oxygen atoms in total. The first-order chi connectivity index (χ1) is 15.0. The van der Waals surface area contributed by atoms with Crippen LogP contribution in [0.25, 0.3) is 0 Å². The molecule has 4 rings (SSSR count). The molecular weight excluding hydrogens is 420 g/mol. The van der Waals surface area contributed by atoms with Crippen LogP contribution in [0.3, 0.4) is 0 Å². The van der Waals surface area contributed by atoms with Crippen molar-refractivity contribution in [3.63, 3.8) is 0 Å². The fraction of sp³-hybridized carbons (Fsp3) is 0.571. The maximum atomic E-state index is 13.1. The number of sulfonamides is 1. The third-order valence-corrected chi connectivity index (χ3v) is 7.64. The number of carbonyl (C=O) groups excluding carboxylic acids is 1. The highest BCUT2D eigenvalue weighted by molar-refractivity contribution is 7.89. The molecule has 0 saturated carbocycles. The maximum Gasteiger partial charge on any atom is 0.340 e. The van der Waals surface area contributed by atoms with E-state index < -0.39 is 16.0 Å². The van der Waals surface area contributed by atoms with Crippen LogP contribution < -0.4 is 4.90 Å².